The Labute approximate surface area is 120 Å². The molecule has 2 rings (SSSR count). The zero-order chi connectivity index (χ0) is 14.5. The summed E-state index contributed by atoms with van der Waals surface area (Å²) in [7, 11) is 2.00. The molecule has 1 heterocycles. The molecule has 1 aliphatic rings. The Hall–Kier alpha value is -1.59. The van der Waals surface area contributed by atoms with Crippen molar-refractivity contribution in [2.45, 2.75) is 31.8 Å². The van der Waals surface area contributed by atoms with Gasteiger partial charge in [-0.25, -0.2) is 0 Å². The molecule has 0 saturated carbocycles. The van der Waals surface area contributed by atoms with Crippen LogP contribution in [0.25, 0.3) is 0 Å². The van der Waals surface area contributed by atoms with Crippen molar-refractivity contribution in [2.24, 2.45) is 0 Å². The van der Waals surface area contributed by atoms with E-state index in [1.807, 2.05) is 26.1 Å². The Balaban J connectivity index is 1.93. The van der Waals surface area contributed by atoms with Crippen molar-refractivity contribution in [3.63, 3.8) is 0 Å². The lowest BCUT2D eigenvalue weighted by molar-refractivity contribution is -0.121. The normalized spacial score (nSPS) is 17.9. The molecule has 0 bridgehead atoms. The monoisotopic (exact) mass is 277 g/mol. The van der Waals surface area contributed by atoms with Crippen LogP contribution in [-0.4, -0.2) is 43.2 Å². The van der Waals surface area contributed by atoms with Crippen molar-refractivity contribution in [1.82, 2.24) is 4.90 Å². The molecule has 0 aliphatic carbocycles. The van der Waals surface area contributed by atoms with E-state index in [9.17, 15) is 4.79 Å². The largest absolute Gasteiger partial charge is 0.399 e. The number of benzene rings is 1. The number of nitrogens with two attached hydrogens (primary N) is 1. The van der Waals surface area contributed by atoms with Crippen molar-refractivity contribution in [3.05, 3.63) is 24.3 Å². The number of anilines is 2. The average Bonchev–Trinajstić information content (AvgIpc) is 2.46. The molecule has 20 heavy (non-hydrogen) atoms. The van der Waals surface area contributed by atoms with Gasteiger partial charge in [-0.15, -0.1) is 0 Å². The van der Waals surface area contributed by atoms with E-state index in [-0.39, 0.29) is 11.9 Å². The number of carbonyl (C=O) groups excluding carboxylic acids is 1. The summed E-state index contributed by atoms with van der Waals surface area (Å²) in [5.74, 6) is -0.00964. The molecule has 5 nitrogen and oxygen atoms in total. The fourth-order valence-corrected chi connectivity index (χ4v) is 2.46. The fraction of sp³-hybridized carbons (Fsp3) is 0.533. The van der Waals surface area contributed by atoms with E-state index in [0.717, 1.165) is 31.7 Å². The van der Waals surface area contributed by atoms with Crippen LogP contribution >= 0.6 is 0 Å². The molecular weight excluding hydrogens is 254 g/mol. The standard InChI is InChI=1S/C15H23N3O2/c1-11(18(2)14-6-8-20-9-7-14)15(19)17-13-5-3-4-12(16)10-13/h3-5,10-11,14H,6-9,16H2,1-2H3,(H,17,19). The van der Waals surface area contributed by atoms with Crippen molar-refractivity contribution < 1.29 is 9.53 Å². The summed E-state index contributed by atoms with van der Waals surface area (Å²) in [6.07, 6.45) is 1.96. The minimum atomic E-state index is -0.181. The van der Waals surface area contributed by atoms with Crippen LogP contribution in [0.15, 0.2) is 24.3 Å². The van der Waals surface area contributed by atoms with Crippen molar-refractivity contribution in [2.75, 3.05) is 31.3 Å². The van der Waals surface area contributed by atoms with Gasteiger partial charge < -0.3 is 15.8 Å². The minimum Gasteiger partial charge on any atom is -0.399 e. The van der Waals surface area contributed by atoms with Crippen LogP contribution in [0.3, 0.4) is 0 Å². The number of amides is 1. The van der Waals surface area contributed by atoms with Crippen LogP contribution < -0.4 is 11.1 Å². The molecule has 1 atom stereocenters. The van der Waals surface area contributed by atoms with Gasteiger partial charge in [0.2, 0.25) is 5.91 Å². The molecule has 110 valence electrons. The van der Waals surface area contributed by atoms with Crippen LogP contribution in [0, 0.1) is 0 Å². The van der Waals surface area contributed by atoms with Gasteiger partial charge in [-0.3, -0.25) is 9.69 Å². The number of nitrogen functional groups attached to an aromatic ring is 1. The first-order valence-electron chi connectivity index (χ1n) is 7.04. The summed E-state index contributed by atoms with van der Waals surface area (Å²) < 4.78 is 5.36. The van der Waals surface area contributed by atoms with Gasteiger partial charge in [0.15, 0.2) is 0 Å². The van der Waals surface area contributed by atoms with Crippen molar-refractivity contribution in [3.8, 4) is 0 Å². The number of hydrogen-bond donors (Lipinski definition) is 2. The molecular formula is C15H23N3O2. The Bertz CT molecular complexity index is 458. The highest BCUT2D eigenvalue weighted by Crippen LogP contribution is 2.17. The van der Waals surface area contributed by atoms with E-state index in [2.05, 4.69) is 10.2 Å². The van der Waals surface area contributed by atoms with Crippen LogP contribution in [0.1, 0.15) is 19.8 Å². The van der Waals surface area contributed by atoms with Gasteiger partial charge in [0.25, 0.3) is 0 Å². The maximum atomic E-state index is 12.3. The van der Waals surface area contributed by atoms with Crippen LogP contribution in [0.5, 0.6) is 0 Å². The van der Waals surface area contributed by atoms with E-state index >= 15 is 0 Å². The molecule has 3 N–H and O–H groups in total. The molecule has 1 aliphatic heterocycles. The fourth-order valence-electron chi connectivity index (χ4n) is 2.46. The number of ether oxygens (including phenoxy) is 1. The number of nitrogens with one attached hydrogen (secondary N) is 1. The highest BCUT2D eigenvalue weighted by molar-refractivity contribution is 5.94. The van der Waals surface area contributed by atoms with Gasteiger partial charge in [0.05, 0.1) is 6.04 Å². The Morgan fingerprint density at radius 3 is 2.80 bits per heavy atom. The summed E-state index contributed by atoms with van der Waals surface area (Å²) in [4.78, 5) is 14.4. The lowest BCUT2D eigenvalue weighted by Gasteiger charge is -2.34. The first kappa shape index (κ1) is 14.8. The third kappa shape index (κ3) is 3.71. The van der Waals surface area contributed by atoms with Gasteiger partial charge >= 0.3 is 0 Å². The molecule has 1 aromatic rings. The molecule has 1 fully saturated rings. The summed E-state index contributed by atoms with van der Waals surface area (Å²) in [5, 5.41) is 2.91. The van der Waals surface area contributed by atoms with E-state index in [0.29, 0.717) is 11.7 Å². The maximum absolute atomic E-state index is 12.3. The zero-order valence-corrected chi connectivity index (χ0v) is 12.1. The first-order chi connectivity index (χ1) is 9.58. The second-order valence-electron chi connectivity index (χ2n) is 5.30. The Morgan fingerprint density at radius 2 is 2.15 bits per heavy atom. The second kappa shape index (κ2) is 6.72. The molecule has 1 unspecified atom stereocenters. The SMILES string of the molecule is CC(C(=O)Nc1cccc(N)c1)N(C)C1CCOCC1. The smallest absolute Gasteiger partial charge is 0.241 e. The van der Waals surface area contributed by atoms with E-state index in [1.54, 1.807) is 12.1 Å². The van der Waals surface area contributed by atoms with E-state index in [4.69, 9.17) is 10.5 Å². The predicted octanol–water partition coefficient (Wildman–Crippen LogP) is 1.71. The number of nitrogens with zero attached hydrogens (tertiary/aromatic N) is 1. The number of hydrogen-bond acceptors (Lipinski definition) is 4. The summed E-state index contributed by atoms with van der Waals surface area (Å²) >= 11 is 0. The van der Waals surface area contributed by atoms with Crippen molar-refractivity contribution in [1.29, 1.82) is 0 Å². The zero-order valence-electron chi connectivity index (χ0n) is 12.1. The lowest BCUT2D eigenvalue weighted by Crippen LogP contribution is -2.47. The Morgan fingerprint density at radius 1 is 1.45 bits per heavy atom. The van der Waals surface area contributed by atoms with Gasteiger partial charge in [0.1, 0.15) is 0 Å². The van der Waals surface area contributed by atoms with Crippen LogP contribution in [0.4, 0.5) is 11.4 Å². The van der Waals surface area contributed by atoms with Gasteiger partial charge in [-0.2, -0.15) is 0 Å². The molecule has 1 amide bonds. The molecule has 0 aromatic heterocycles. The van der Waals surface area contributed by atoms with Crippen LogP contribution in [0.2, 0.25) is 0 Å². The number of rotatable bonds is 4. The third-order valence-electron chi connectivity index (χ3n) is 3.91. The highest BCUT2D eigenvalue weighted by atomic mass is 16.5. The first-order valence-corrected chi connectivity index (χ1v) is 7.04. The summed E-state index contributed by atoms with van der Waals surface area (Å²) in [6, 6.07) is 7.46. The molecule has 1 saturated heterocycles. The minimum absolute atomic E-state index is 0.00964. The number of carbonyl (C=O) groups is 1. The van der Waals surface area contributed by atoms with Crippen LogP contribution in [-0.2, 0) is 9.53 Å². The maximum Gasteiger partial charge on any atom is 0.241 e. The lowest BCUT2D eigenvalue weighted by atomic mass is 10.1. The topological polar surface area (TPSA) is 67.6 Å². The Kier molecular flexibility index (Phi) is 4.98. The summed E-state index contributed by atoms with van der Waals surface area (Å²) in [5.41, 5.74) is 7.10. The van der Waals surface area contributed by atoms with Crippen molar-refractivity contribution >= 4 is 17.3 Å². The van der Waals surface area contributed by atoms with Gasteiger partial charge in [-0.05, 0) is 45.0 Å². The van der Waals surface area contributed by atoms with Gasteiger partial charge in [0, 0.05) is 30.6 Å². The third-order valence-corrected chi connectivity index (χ3v) is 3.91. The highest BCUT2D eigenvalue weighted by Gasteiger charge is 2.26. The average molecular weight is 277 g/mol. The van der Waals surface area contributed by atoms with E-state index in [1.165, 1.54) is 0 Å². The quantitative estimate of drug-likeness (QED) is 0.822. The molecule has 1 aromatic carbocycles. The number of likely N-dealkylation sites (N-methyl/N-ethyl adjacent to an activating group) is 1. The van der Waals surface area contributed by atoms with Gasteiger partial charge in [-0.1, -0.05) is 6.07 Å². The predicted molar refractivity (Wildman–Crippen MR) is 80.6 cm³/mol. The molecule has 0 radical (unpaired) electrons. The summed E-state index contributed by atoms with van der Waals surface area (Å²) in [6.45, 7) is 3.48. The van der Waals surface area contributed by atoms with E-state index < -0.39 is 0 Å². The second-order valence-corrected chi connectivity index (χ2v) is 5.30. The molecule has 0 spiro atoms. The molecule has 5 heteroatoms.